The lowest BCUT2D eigenvalue weighted by atomic mass is 10.2. The quantitative estimate of drug-likeness (QED) is 0.285. The Morgan fingerprint density at radius 1 is 1.00 bits per heavy atom. The number of aryl methyl sites for hydroxylation is 2. The predicted octanol–water partition coefficient (Wildman–Crippen LogP) is 4.95. The summed E-state index contributed by atoms with van der Waals surface area (Å²) in [5, 5.41) is 1.18. The number of benzene rings is 2. The molecule has 0 unspecified atom stereocenters. The van der Waals surface area contributed by atoms with Gasteiger partial charge in [-0.2, -0.15) is 0 Å². The van der Waals surface area contributed by atoms with E-state index in [2.05, 4.69) is 17.4 Å². The molecule has 0 amide bonds. The minimum absolute atomic E-state index is 0.118. The van der Waals surface area contributed by atoms with Crippen LogP contribution in [0.1, 0.15) is 17.0 Å². The molecular formula is C25H22N4O2S. The predicted molar refractivity (Wildman–Crippen MR) is 128 cm³/mol. The normalized spacial score (nSPS) is 11.3. The Labute approximate surface area is 189 Å². The number of fused-ring (bicyclic) bond motifs is 2. The van der Waals surface area contributed by atoms with Gasteiger partial charge in [-0.05, 0) is 55.8 Å². The van der Waals surface area contributed by atoms with Crippen LogP contribution in [0, 0.1) is 13.8 Å². The Morgan fingerprint density at radius 2 is 1.84 bits per heavy atom. The molecule has 0 bridgehead atoms. The number of hydrogen-bond donors (Lipinski definition) is 0. The summed E-state index contributed by atoms with van der Waals surface area (Å²) in [5.74, 6) is 1.21. The molecule has 0 aliphatic heterocycles. The smallest absolute Gasteiger partial charge is 0.266 e. The maximum absolute atomic E-state index is 13.6. The first-order valence-electron chi connectivity index (χ1n) is 10.3. The number of hydrogen-bond acceptors (Lipinski definition) is 5. The average molecular weight is 443 g/mol. The molecule has 6 nitrogen and oxygen atoms in total. The second-order valence-electron chi connectivity index (χ2n) is 7.64. The van der Waals surface area contributed by atoms with Crippen molar-refractivity contribution in [3.05, 3.63) is 94.2 Å². The zero-order valence-electron chi connectivity index (χ0n) is 18.1. The van der Waals surface area contributed by atoms with Gasteiger partial charge >= 0.3 is 0 Å². The van der Waals surface area contributed by atoms with Gasteiger partial charge in [0.15, 0.2) is 5.16 Å². The molecule has 5 aromatic rings. The fraction of sp³-hybridized carbons (Fsp3) is 0.160. The van der Waals surface area contributed by atoms with Crippen molar-refractivity contribution in [2.24, 2.45) is 0 Å². The first-order valence-corrected chi connectivity index (χ1v) is 11.3. The van der Waals surface area contributed by atoms with Crippen molar-refractivity contribution < 1.29 is 4.74 Å². The van der Waals surface area contributed by atoms with Crippen LogP contribution in [0.4, 0.5) is 0 Å². The topological polar surface area (TPSA) is 61.4 Å². The van der Waals surface area contributed by atoms with Crippen LogP contribution in [0.2, 0.25) is 0 Å². The maximum atomic E-state index is 13.6. The molecule has 0 saturated heterocycles. The molecule has 32 heavy (non-hydrogen) atoms. The van der Waals surface area contributed by atoms with E-state index in [0.29, 0.717) is 33.2 Å². The summed E-state index contributed by atoms with van der Waals surface area (Å²) in [6, 6.07) is 19.3. The highest BCUT2D eigenvalue weighted by Gasteiger charge is 2.17. The third-order valence-corrected chi connectivity index (χ3v) is 6.39. The molecule has 2 aromatic carbocycles. The van der Waals surface area contributed by atoms with Crippen molar-refractivity contribution >= 4 is 28.3 Å². The van der Waals surface area contributed by atoms with Gasteiger partial charge in [-0.25, -0.2) is 9.97 Å². The van der Waals surface area contributed by atoms with E-state index in [1.807, 2.05) is 67.7 Å². The number of ether oxygens (including phenoxy) is 1. The summed E-state index contributed by atoms with van der Waals surface area (Å²) >= 11 is 1.49. The molecule has 3 aromatic heterocycles. The Morgan fingerprint density at radius 3 is 2.66 bits per heavy atom. The van der Waals surface area contributed by atoms with Gasteiger partial charge in [0.25, 0.3) is 5.56 Å². The van der Waals surface area contributed by atoms with Crippen LogP contribution in [0.5, 0.6) is 5.75 Å². The van der Waals surface area contributed by atoms with Crippen molar-refractivity contribution in [3.63, 3.8) is 0 Å². The minimum Gasteiger partial charge on any atom is -0.495 e. The first kappa shape index (κ1) is 20.3. The van der Waals surface area contributed by atoms with Crippen molar-refractivity contribution in [1.29, 1.82) is 0 Å². The molecule has 3 heterocycles. The standard InChI is InChI=1S/C25H22N4O2S/c1-16-11-12-22(31-3)21(13-16)29-24(30)19-8-4-5-9-20(19)27-25(29)32-15-18-14-28-17(2)7-6-10-23(28)26-18/h4-14H,15H2,1-3H3. The molecule has 0 N–H and O–H groups in total. The Kier molecular flexibility index (Phi) is 5.19. The van der Waals surface area contributed by atoms with Gasteiger partial charge < -0.3 is 9.14 Å². The van der Waals surface area contributed by atoms with E-state index in [-0.39, 0.29) is 5.56 Å². The number of nitrogens with zero attached hydrogens (tertiary/aromatic N) is 4. The highest BCUT2D eigenvalue weighted by atomic mass is 32.2. The van der Waals surface area contributed by atoms with Gasteiger partial charge in [0.05, 0.1) is 29.4 Å². The number of thioether (sulfide) groups is 1. The van der Waals surface area contributed by atoms with Crippen LogP contribution in [0.25, 0.3) is 22.2 Å². The summed E-state index contributed by atoms with van der Waals surface area (Å²) in [7, 11) is 1.61. The lowest BCUT2D eigenvalue weighted by Crippen LogP contribution is -2.22. The zero-order chi connectivity index (χ0) is 22.2. The summed E-state index contributed by atoms with van der Waals surface area (Å²) in [5.41, 5.74) is 5.23. The van der Waals surface area contributed by atoms with Crippen LogP contribution in [0.3, 0.4) is 0 Å². The number of aromatic nitrogens is 4. The lowest BCUT2D eigenvalue weighted by Gasteiger charge is -2.16. The fourth-order valence-electron chi connectivity index (χ4n) is 3.80. The summed E-state index contributed by atoms with van der Waals surface area (Å²) < 4.78 is 9.30. The number of imidazole rings is 1. The Balaban J connectivity index is 1.64. The zero-order valence-corrected chi connectivity index (χ0v) is 18.9. The Hall–Kier alpha value is -3.58. The minimum atomic E-state index is -0.118. The SMILES string of the molecule is COc1ccc(C)cc1-n1c(SCc2cn3c(C)cccc3n2)nc2ccccc2c1=O. The van der Waals surface area contributed by atoms with E-state index in [1.165, 1.54) is 11.8 Å². The van der Waals surface area contributed by atoms with E-state index in [4.69, 9.17) is 14.7 Å². The second-order valence-corrected chi connectivity index (χ2v) is 8.59. The fourth-order valence-corrected chi connectivity index (χ4v) is 4.69. The summed E-state index contributed by atoms with van der Waals surface area (Å²) in [6.07, 6.45) is 2.04. The van der Waals surface area contributed by atoms with E-state index in [1.54, 1.807) is 11.7 Å². The van der Waals surface area contributed by atoms with E-state index in [0.717, 1.165) is 22.6 Å². The molecular weight excluding hydrogens is 420 g/mol. The molecule has 0 aliphatic rings. The molecule has 0 spiro atoms. The van der Waals surface area contributed by atoms with Gasteiger partial charge in [-0.15, -0.1) is 0 Å². The number of pyridine rings is 1. The summed E-state index contributed by atoms with van der Waals surface area (Å²) in [4.78, 5) is 23.1. The van der Waals surface area contributed by atoms with Gasteiger partial charge in [0.2, 0.25) is 0 Å². The van der Waals surface area contributed by atoms with Crippen molar-refractivity contribution in [3.8, 4) is 11.4 Å². The van der Waals surface area contributed by atoms with Crippen LogP contribution in [-0.2, 0) is 5.75 Å². The third-order valence-electron chi connectivity index (χ3n) is 5.42. The van der Waals surface area contributed by atoms with Crippen molar-refractivity contribution in [2.75, 3.05) is 7.11 Å². The molecule has 0 fully saturated rings. The molecule has 7 heteroatoms. The summed E-state index contributed by atoms with van der Waals surface area (Å²) in [6.45, 7) is 4.05. The van der Waals surface area contributed by atoms with Crippen LogP contribution < -0.4 is 10.3 Å². The van der Waals surface area contributed by atoms with E-state index >= 15 is 0 Å². The molecule has 160 valence electrons. The largest absolute Gasteiger partial charge is 0.495 e. The third kappa shape index (κ3) is 3.54. The van der Waals surface area contributed by atoms with E-state index in [9.17, 15) is 4.79 Å². The van der Waals surface area contributed by atoms with Crippen LogP contribution >= 0.6 is 11.8 Å². The van der Waals surface area contributed by atoms with Crippen molar-refractivity contribution in [2.45, 2.75) is 24.8 Å². The maximum Gasteiger partial charge on any atom is 0.266 e. The monoisotopic (exact) mass is 442 g/mol. The number of methoxy groups -OCH3 is 1. The molecule has 0 radical (unpaired) electrons. The number of rotatable bonds is 5. The highest BCUT2D eigenvalue weighted by molar-refractivity contribution is 7.98. The van der Waals surface area contributed by atoms with Crippen molar-refractivity contribution in [1.82, 2.24) is 18.9 Å². The number of para-hydroxylation sites is 1. The molecule has 5 rings (SSSR count). The van der Waals surface area contributed by atoms with Gasteiger partial charge in [-0.1, -0.05) is 36.0 Å². The van der Waals surface area contributed by atoms with Crippen LogP contribution in [0.15, 0.2) is 76.8 Å². The highest BCUT2D eigenvalue weighted by Crippen LogP contribution is 2.29. The average Bonchev–Trinajstić information content (AvgIpc) is 3.22. The van der Waals surface area contributed by atoms with Gasteiger partial charge in [0, 0.05) is 17.6 Å². The molecule has 0 saturated carbocycles. The Bertz CT molecular complexity index is 1520. The lowest BCUT2D eigenvalue weighted by molar-refractivity contribution is 0.411. The first-order chi connectivity index (χ1) is 15.5. The van der Waals surface area contributed by atoms with Crippen LogP contribution in [-0.4, -0.2) is 26.0 Å². The second kappa shape index (κ2) is 8.16. The molecule has 0 aliphatic carbocycles. The van der Waals surface area contributed by atoms with Gasteiger partial charge in [0.1, 0.15) is 11.4 Å². The molecule has 0 atom stereocenters. The van der Waals surface area contributed by atoms with E-state index < -0.39 is 0 Å². The van der Waals surface area contributed by atoms with Gasteiger partial charge in [-0.3, -0.25) is 9.36 Å².